The van der Waals surface area contributed by atoms with Gasteiger partial charge in [-0.2, -0.15) is 0 Å². The SMILES string of the molecule is CC[C@@H](OC(=O)c1cccs1)C(=O)NCCc1ccccc1. The van der Waals surface area contributed by atoms with E-state index in [4.69, 9.17) is 4.74 Å². The van der Waals surface area contributed by atoms with Gasteiger partial charge in [-0.05, 0) is 29.9 Å². The standard InChI is InChI=1S/C17H19NO3S/c1-2-14(21-17(20)15-9-6-12-22-15)16(19)18-11-10-13-7-4-3-5-8-13/h3-9,12,14H,2,10-11H2,1H3,(H,18,19)/t14-/m1/s1. The third kappa shape index (κ3) is 4.70. The van der Waals surface area contributed by atoms with Crippen LogP contribution in [0.5, 0.6) is 0 Å². The van der Waals surface area contributed by atoms with Crippen molar-refractivity contribution in [2.75, 3.05) is 6.54 Å². The molecule has 0 aliphatic rings. The molecule has 0 fully saturated rings. The summed E-state index contributed by atoms with van der Waals surface area (Å²) in [5.41, 5.74) is 1.16. The molecular weight excluding hydrogens is 298 g/mol. The van der Waals surface area contributed by atoms with Crippen molar-refractivity contribution >= 4 is 23.2 Å². The molecule has 0 unspecified atom stereocenters. The van der Waals surface area contributed by atoms with E-state index in [-0.39, 0.29) is 5.91 Å². The van der Waals surface area contributed by atoms with Crippen LogP contribution in [0.3, 0.4) is 0 Å². The Morgan fingerprint density at radius 3 is 2.59 bits per heavy atom. The van der Waals surface area contributed by atoms with Gasteiger partial charge in [-0.25, -0.2) is 4.79 Å². The van der Waals surface area contributed by atoms with Crippen molar-refractivity contribution < 1.29 is 14.3 Å². The molecule has 0 saturated carbocycles. The molecule has 0 radical (unpaired) electrons. The molecule has 116 valence electrons. The minimum Gasteiger partial charge on any atom is -0.448 e. The lowest BCUT2D eigenvalue weighted by Crippen LogP contribution is -2.38. The van der Waals surface area contributed by atoms with Gasteiger partial charge >= 0.3 is 5.97 Å². The van der Waals surface area contributed by atoms with E-state index in [1.54, 1.807) is 17.5 Å². The number of carbonyl (C=O) groups is 2. The number of esters is 1. The van der Waals surface area contributed by atoms with Gasteiger partial charge in [0, 0.05) is 6.54 Å². The average Bonchev–Trinajstić information content (AvgIpc) is 3.08. The van der Waals surface area contributed by atoms with Crippen LogP contribution < -0.4 is 5.32 Å². The molecule has 0 aliphatic carbocycles. The summed E-state index contributed by atoms with van der Waals surface area (Å²) in [6.45, 7) is 2.35. The quantitative estimate of drug-likeness (QED) is 0.799. The molecule has 1 atom stereocenters. The third-order valence-corrected chi connectivity index (χ3v) is 4.04. The first-order valence-electron chi connectivity index (χ1n) is 7.27. The first kappa shape index (κ1) is 16.2. The molecule has 22 heavy (non-hydrogen) atoms. The smallest absolute Gasteiger partial charge is 0.349 e. The van der Waals surface area contributed by atoms with Crippen LogP contribution in [0.2, 0.25) is 0 Å². The Kier molecular flexibility index (Phi) is 6.15. The normalized spacial score (nSPS) is 11.7. The Balaban J connectivity index is 1.80. The van der Waals surface area contributed by atoms with Crippen molar-refractivity contribution in [1.29, 1.82) is 0 Å². The lowest BCUT2D eigenvalue weighted by molar-refractivity contribution is -0.130. The lowest BCUT2D eigenvalue weighted by Gasteiger charge is -2.15. The molecule has 0 bridgehead atoms. The number of nitrogens with one attached hydrogen (secondary N) is 1. The van der Waals surface area contributed by atoms with Gasteiger partial charge in [0.25, 0.3) is 5.91 Å². The molecule has 1 N–H and O–H groups in total. The zero-order valence-electron chi connectivity index (χ0n) is 12.5. The van der Waals surface area contributed by atoms with Gasteiger partial charge in [-0.1, -0.05) is 43.3 Å². The topological polar surface area (TPSA) is 55.4 Å². The number of rotatable bonds is 7. The van der Waals surface area contributed by atoms with E-state index < -0.39 is 12.1 Å². The maximum absolute atomic E-state index is 12.1. The highest BCUT2D eigenvalue weighted by molar-refractivity contribution is 7.11. The number of thiophene rings is 1. The zero-order valence-corrected chi connectivity index (χ0v) is 13.3. The van der Waals surface area contributed by atoms with Gasteiger partial charge in [0.15, 0.2) is 6.10 Å². The third-order valence-electron chi connectivity index (χ3n) is 3.19. The van der Waals surface area contributed by atoms with Crippen LogP contribution in [-0.2, 0) is 16.0 Å². The van der Waals surface area contributed by atoms with E-state index in [0.29, 0.717) is 17.8 Å². The largest absolute Gasteiger partial charge is 0.448 e. The first-order chi connectivity index (χ1) is 10.7. The van der Waals surface area contributed by atoms with Crippen molar-refractivity contribution in [3.05, 3.63) is 58.3 Å². The molecule has 4 nitrogen and oxygen atoms in total. The fourth-order valence-corrected chi connectivity index (χ4v) is 2.60. The Morgan fingerprint density at radius 2 is 1.95 bits per heavy atom. The number of ether oxygens (including phenoxy) is 1. The van der Waals surface area contributed by atoms with Crippen molar-refractivity contribution in [3.63, 3.8) is 0 Å². The number of carbonyl (C=O) groups excluding carboxylic acids is 2. The van der Waals surface area contributed by atoms with E-state index >= 15 is 0 Å². The zero-order chi connectivity index (χ0) is 15.8. The highest BCUT2D eigenvalue weighted by Crippen LogP contribution is 2.12. The number of hydrogen-bond donors (Lipinski definition) is 1. The van der Waals surface area contributed by atoms with Crippen LogP contribution in [0.15, 0.2) is 47.8 Å². The monoisotopic (exact) mass is 317 g/mol. The minimum atomic E-state index is -0.745. The minimum absolute atomic E-state index is 0.247. The molecule has 0 saturated heterocycles. The molecule has 2 aromatic rings. The maximum atomic E-state index is 12.1. The summed E-state index contributed by atoms with van der Waals surface area (Å²) in [6.07, 6.45) is 0.460. The molecule has 1 heterocycles. The number of amides is 1. The van der Waals surface area contributed by atoms with Gasteiger partial charge in [0.1, 0.15) is 4.88 Å². The Hall–Kier alpha value is -2.14. The van der Waals surface area contributed by atoms with Crippen LogP contribution >= 0.6 is 11.3 Å². The lowest BCUT2D eigenvalue weighted by atomic mass is 10.1. The van der Waals surface area contributed by atoms with Crippen molar-refractivity contribution in [3.8, 4) is 0 Å². The number of hydrogen-bond acceptors (Lipinski definition) is 4. The summed E-state index contributed by atoms with van der Waals surface area (Å²) in [7, 11) is 0. The van der Waals surface area contributed by atoms with Gasteiger partial charge in [-0.15, -0.1) is 11.3 Å². The Bertz CT molecular complexity index is 596. The molecule has 2 rings (SSSR count). The van der Waals surface area contributed by atoms with Crippen molar-refractivity contribution in [1.82, 2.24) is 5.32 Å². The maximum Gasteiger partial charge on any atom is 0.349 e. The fraction of sp³-hybridized carbons (Fsp3) is 0.294. The van der Waals surface area contributed by atoms with Crippen LogP contribution in [0.1, 0.15) is 28.6 Å². The second-order valence-corrected chi connectivity index (χ2v) is 5.75. The van der Waals surface area contributed by atoms with Crippen LogP contribution in [-0.4, -0.2) is 24.5 Å². The number of benzene rings is 1. The average molecular weight is 317 g/mol. The molecule has 0 spiro atoms. The molecule has 1 amide bonds. The van der Waals surface area contributed by atoms with E-state index in [1.165, 1.54) is 11.3 Å². The van der Waals surface area contributed by atoms with Crippen LogP contribution in [0, 0.1) is 0 Å². The van der Waals surface area contributed by atoms with Crippen LogP contribution in [0.4, 0.5) is 0 Å². The summed E-state index contributed by atoms with van der Waals surface area (Å²) in [6, 6.07) is 13.4. The van der Waals surface area contributed by atoms with Gasteiger partial charge in [-0.3, -0.25) is 4.79 Å². The summed E-state index contributed by atoms with van der Waals surface area (Å²) >= 11 is 1.30. The van der Waals surface area contributed by atoms with Crippen molar-refractivity contribution in [2.45, 2.75) is 25.9 Å². The Morgan fingerprint density at radius 1 is 1.18 bits per heavy atom. The summed E-state index contributed by atoms with van der Waals surface area (Å²) < 4.78 is 5.27. The van der Waals surface area contributed by atoms with E-state index in [2.05, 4.69) is 5.32 Å². The van der Waals surface area contributed by atoms with E-state index in [9.17, 15) is 9.59 Å². The Labute approximate surface area is 134 Å². The molecule has 5 heteroatoms. The highest BCUT2D eigenvalue weighted by atomic mass is 32.1. The molecule has 0 aliphatic heterocycles. The van der Waals surface area contributed by atoms with Gasteiger partial charge in [0.05, 0.1) is 0 Å². The first-order valence-corrected chi connectivity index (χ1v) is 8.14. The summed E-state index contributed by atoms with van der Waals surface area (Å²) in [5.74, 6) is -0.691. The van der Waals surface area contributed by atoms with E-state index in [0.717, 1.165) is 12.0 Å². The van der Waals surface area contributed by atoms with Crippen LogP contribution in [0.25, 0.3) is 0 Å². The van der Waals surface area contributed by atoms with E-state index in [1.807, 2.05) is 37.3 Å². The molecular formula is C17H19NO3S. The predicted octanol–water partition coefficient (Wildman–Crippen LogP) is 3.04. The predicted molar refractivity (Wildman–Crippen MR) is 87.0 cm³/mol. The van der Waals surface area contributed by atoms with Gasteiger partial charge in [0.2, 0.25) is 0 Å². The summed E-state index contributed by atoms with van der Waals surface area (Å²) in [4.78, 5) is 24.5. The molecule has 1 aromatic carbocycles. The fourth-order valence-electron chi connectivity index (χ4n) is 1.99. The highest BCUT2D eigenvalue weighted by Gasteiger charge is 2.21. The second-order valence-electron chi connectivity index (χ2n) is 4.81. The molecule has 1 aromatic heterocycles. The summed E-state index contributed by atoms with van der Waals surface area (Å²) in [5, 5.41) is 4.62. The second kappa shape index (κ2) is 8.34. The van der Waals surface area contributed by atoms with Crippen molar-refractivity contribution in [2.24, 2.45) is 0 Å². The van der Waals surface area contributed by atoms with Gasteiger partial charge < -0.3 is 10.1 Å².